The van der Waals surface area contributed by atoms with Crippen LogP contribution in [0.1, 0.15) is 65.3 Å². The SMILES string of the molecule is Nc1ncnc2c1c(-c1ccc(Oc3ccccc3)cc1)nn2C1CCN(C[C@H]2CCN(C[C@H]3CCN(c4ccc5c(c4)C(=O)N(C4CCC(=O)NC4=O)C5=O)C3)C2)CC1. The van der Waals surface area contributed by atoms with Crippen LogP contribution in [0, 0.1) is 11.8 Å². The third kappa shape index (κ3) is 7.25. The van der Waals surface area contributed by atoms with Crippen LogP contribution in [0.25, 0.3) is 22.3 Å². The van der Waals surface area contributed by atoms with Gasteiger partial charge in [-0.25, -0.2) is 14.6 Å². The Morgan fingerprint density at radius 3 is 2.25 bits per heavy atom. The van der Waals surface area contributed by atoms with Gasteiger partial charge in [0.15, 0.2) is 5.65 Å². The number of piperidine rings is 2. The molecule has 0 radical (unpaired) electrons. The molecule has 3 aromatic carbocycles. The van der Waals surface area contributed by atoms with E-state index >= 15 is 0 Å². The Morgan fingerprint density at radius 1 is 0.733 bits per heavy atom. The van der Waals surface area contributed by atoms with Gasteiger partial charge in [0.25, 0.3) is 11.8 Å². The fourth-order valence-electron chi connectivity index (χ4n) is 9.93. The first kappa shape index (κ1) is 38.0. The highest BCUT2D eigenvalue weighted by Gasteiger charge is 2.45. The molecular weight excluding hydrogens is 761 g/mol. The fraction of sp³-hybridized carbons (Fsp3) is 0.400. The van der Waals surface area contributed by atoms with E-state index in [4.69, 9.17) is 15.6 Å². The summed E-state index contributed by atoms with van der Waals surface area (Å²) < 4.78 is 8.09. The molecule has 0 aliphatic carbocycles. The van der Waals surface area contributed by atoms with Crippen LogP contribution in [0.3, 0.4) is 0 Å². The molecule has 15 nitrogen and oxygen atoms in total. The van der Waals surface area contributed by atoms with Crippen LogP contribution < -0.4 is 20.7 Å². The molecule has 5 aliphatic rings. The summed E-state index contributed by atoms with van der Waals surface area (Å²) >= 11 is 0. The van der Waals surface area contributed by atoms with Gasteiger partial charge in [-0.2, -0.15) is 5.10 Å². The maximum absolute atomic E-state index is 13.4. The van der Waals surface area contributed by atoms with Crippen LogP contribution in [0.2, 0.25) is 0 Å². The van der Waals surface area contributed by atoms with E-state index in [0.717, 1.165) is 116 Å². The molecular formula is C45H48N10O5. The molecule has 5 aromatic rings. The summed E-state index contributed by atoms with van der Waals surface area (Å²) in [5, 5.41) is 8.17. The number of amides is 4. The van der Waals surface area contributed by atoms with E-state index in [0.29, 0.717) is 28.8 Å². The molecule has 7 heterocycles. The number of nitrogens with two attached hydrogens (primary N) is 1. The molecule has 15 heteroatoms. The number of carbonyl (C=O) groups excluding carboxylic acids is 4. The largest absolute Gasteiger partial charge is 0.457 e. The standard InChI is InChI=1S/C45H48N10O5/c46-41-39-40(30-6-9-34(10-7-30)60-33-4-2-1-3-5-33)50-55(42(39)48-27-47-41)31-16-19-51(20-17-31)23-28-14-18-52(24-28)25-29-15-21-53(26-29)32-8-11-35-36(22-32)45(59)54(44(35)58)37-12-13-38(56)49-43(37)57/h1-11,22,27-29,31,37H,12-21,23-26H2,(H2,46,47,48)(H,49,56,57)/t28-,29-,37?/m1/s1. The Kier molecular flexibility index (Phi) is 10.00. The van der Waals surface area contributed by atoms with Crippen LogP contribution in [0.4, 0.5) is 11.5 Å². The van der Waals surface area contributed by atoms with Crippen LogP contribution >= 0.6 is 0 Å². The number of likely N-dealkylation sites (tertiary alicyclic amines) is 2. The molecule has 1 unspecified atom stereocenters. The van der Waals surface area contributed by atoms with Crippen molar-refractivity contribution in [1.29, 1.82) is 0 Å². The molecule has 60 heavy (non-hydrogen) atoms. The highest BCUT2D eigenvalue weighted by Crippen LogP contribution is 2.37. The van der Waals surface area contributed by atoms with Crippen molar-refractivity contribution in [2.45, 2.75) is 50.6 Å². The molecule has 10 rings (SSSR count). The minimum Gasteiger partial charge on any atom is -0.457 e. The maximum atomic E-state index is 13.4. The Balaban J connectivity index is 0.718. The summed E-state index contributed by atoms with van der Waals surface area (Å²) in [6.07, 6.45) is 6.00. The Labute approximate surface area is 347 Å². The van der Waals surface area contributed by atoms with Gasteiger partial charge in [0.1, 0.15) is 35.4 Å². The van der Waals surface area contributed by atoms with E-state index in [9.17, 15) is 19.2 Å². The van der Waals surface area contributed by atoms with Gasteiger partial charge >= 0.3 is 0 Å². The number of hydrogen-bond acceptors (Lipinski definition) is 12. The first-order valence-corrected chi connectivity index (χ1v) is 21.1. The van der Waals surface area contributed by atoms with Crippen LogP contribution in [-0.2, 0) is 9.59 Å². The number of rotatable bonds is 10. The highest BCUT2D eigenvalue weighted by atomic mass is 16.5. The summed E-state index contributed by atoms with van der Waals surface area (Å²) in [5.41, 5.74) is 10.5. The summed E-state index contributed by atoms with van der Waals surface area (Å²) in [4.78, 5) is 68.3. The smallest absolute Gasteiger partial charge is 0.262 e. The zero-order valence-electron chi connectivity index (χ0n) is 33.4. The minimum absolute atomic E-state index is 0.101. The normalized spacial score (nSPS) is 22.9. The van der Waals surface area contributed by atoms with Gasteiger partial charge in [-0.1, -0.05) is 18.2 Å². The molecule has 4 fully saturated rings. The van der Waals surface area contributed by atoms with Gasteiger partial charge in [0.05, 0.1) is 22.6 Å². The summed E-state index contributed by atoms with van der Waals surface area (Å²) in [6, 6.07) is 22.3. The molecule has 2 aromatic heterocycles. The lowest BCUT2D eigenvalue weighted by Crippen LogP contribution is -2.54. The second kappa shape index (κ2) is 15.8. The Morgan fingerprint density at radius 2 is 1.45 bits per heavy atom. The average Bonchev–Trinajstić information content (AvgIpc) is 4.06. The molecule has 4 amide bonds. The number of anilines is 2. The number of carbonyl (C=O) groups is 4. The summed E-state index contributed by atoms with van der Waals surface area (Å²) in [6.45, 7) is 8.12. The number of fused-ring (bicyclic) bond motifs is 2. The second-order valence-corrected chi connectivity index (χ2v) is 16.9. The van der Waals surface area contributed by atoms with Gasteiger partial charge < -0.3 is 25.2 Å². The molecule has 0 bridgehead atoms. The third-order valence-corrected chi connectivity index (χ3v) is 13.0. The number of ether oxygens (including phenoxy) is 1. The lowest BCUT2D eigenvalue weighted by Gasteiger charge is -2.33. The summed E-state index contributed by atoms with van der Waals surface area (Å²) in [5.74, 6) is 1.18. The zero-order valence-corrected chi connectivity index (χ0v) is 33.4. The Bertz CT molecular complexity index is 2470. The first-order valence-electron chi connectivity index (χ1n) is 21.1. The quantitative estimate of drug-likeness (QED) is 0.186. The molecule has 0 spiro atoms. The van der Waals surface area contributed by atoms with Crippen molar-refractivity contribution in [3.8, 4) is 22.8 Å². The molecule has 3 atom stereocenters. The van der Waals surface area contributed by atoms with E-state index in [2.05, 4.69) is 34.7 Å². The van der Waals surface area contributed by atoms with Gasteiger partial charge in [-0.15, -0.1) is 0 Å². The van der Waals surface area contributed by atoms with Crippen molar-refractivity contribution < 1.29 is 23.9 Å². The number of aromatic nitrogens is 4. The van der Waals surface area contributed by atoms with Crippen molar-refractivity contribution >= 4 is 46.2 Å². The molecule has 3 N–H and O–H groups in total. The number of para-hydroxylation sites is 1. The molecule has 4 saturated heterocycles. The first-order chi connectivity index (χ1) is 29.3. The predicted molar refractivity (Wildman–Crippen MR) is 224 cm³/mol. The van der Waals surface area contributed by atoms with Gasteiger partial charge in [0.2, 0.25) is 11.8 Å². The molecule has 0 saturated carbocycles. The number of nitrogen functional groups attached to an aromatic ring is 1. The van der Waals surface area contributed by atoms with E-state index in [1.165, 1.54) is 12.7 Å². The van der Waals surface area contributed by atoms with Crippen molar-refractivity contribution in [3.63, 3.8) is 0 Å². The van der Waals surface area contributed by atoms with E-state index in [1.807, 2.05) is 60.7 Å². The van der Waals surface area contributed by atoms with Crippen LogP contribution in [0.15, 0.2) is 79.1 Å². The number of nitrogens with zero attached hydrogens (tertiary/aromatic N) is 8. The lowest BCUT2D eigenvalue weighted by molar-refractivity contribution is -0.136. The highest BCUT2D eigenvalue weighted by molar-refractivity contribution is 6.23. The Hall–Kier alpha value is -6.19. The topological polar surface area (TPSA) is 172 Å². The average molecular weight is 809 g/mol. The zero-order chi connectivity index (χ0) is 40.9. The van der Waals surface area contributed by atoms with E-state index in [1.54, 1.807) is 12.1 Å². The predicted octanol–water partition coefficient (Wildman–Crippen LogP) is 4.75. The molecule has 5 aliphatic heterocycles. The fourth-order valence-corrected chi connectivity index (χ4v) is 9.93. The van der Waals surface area contributed by atoms with Crippen LogP contribution in [0.5, 0.6) is 11.5 Å². The van der Waals surface area contributed by atoms with Gasteiger partial charge in [-0.3, -0.25) is 29.4 Å². The molecule has 308 valence electrons. The summed E-state index contributed by atoms with van der Waals surface area (Å²) in [7, 11) is 0. The lowest BCUT2D eigenvalue weighted by atomic mass is 10.0. The monoisotopic (exact) mass is 808 g/mol. The van der Waals surface area contributed by atoms with Gasteiger partial charge in [0, 0.05) is 63.5 Å². The van der Waals surface area contributed by atoms with Crippen molar-refractivity contribution in [1.82, 2.24) is 39.8 Å². The minimum atomic E-state index is -0.963. The van der Waals surface area contributed by atoms with Crippen molar-refractivity contribution in [3.05, 3.63) is 90.3 Å². The number of nitrogens with one attached hydrogen (secondary N) is 1. The number of benzene rings is 3. The third-order valence-electron chi connectivity index (χ3n) is 13.0. The van der Waals surface area contributed by atoms with Crippen molar-refractivity contribution in [2.75, 3.05) is 63.0 Å². The van der Waals surface area contributed by atoms with Crippen molar-refractivity contribution in [2.24, 2.45) is 11.8 Å². The van der Waals surface area contributed by atoms with E-state index < -0.39 is 23.8 Å². The van der Waals surface area contributed by atoms with Gasteiger partial charge in [-0.05, 0) is 105 Å². The number of imide groups is 2. The second-order valence-electron chi connectivity index (χ2n) is 16.9. The number of hydrogen-bond donors (Lipinski definition) is 2. The van der Waals surface area contributed by atoms with Crippen LogP contribution in [-0.4, -0.2) is 116 Å². The van der Waals surface area contributed by atoms with E-state index in [-0.39, 0.29) is 24.8 Å². The maximum Gasteiger partial charge on any atom is 0.262 e.